The van der Waals surface area contributed by atoms with Crippen molar-refractivity contribution < 1.29 is 15.0 Å². The Kier molecular flexibility index (Phi) is 3.65. The molecule has 1 aromatic carbocycles. The maximum Gasteiger partial charge on any atom is 0.251 e. The topological polar surface area (TPSA) is 100 Å². The van der Waals surface area contributed by atoms with Crippen LogP contribution >= 0.6 is 0 Å². The van der Waals surface area contributed by atoms with Gasteiger partial charge in [0.2, 0.25) is 0 Å². The largest absolute Gasteiger partial charge is 0.508 e. The number of aryl methyl sites for hydroxylation is 1. The standard InChI is InChI=1S/C12H14N4O3/c1-2-16-7-14-15-11(16)6-13-12(19)8-3-9(17)5-10(18)4-8/h3-5,7,17-18H,2,6H2,1H3,(H,13,19). The number of hydrogen-bond acceptors (Lipinski definition) is 5. The molecule has 0 radical (unpaired) electrons. The zero-order valence-electron chi connectivity index (χ0n) is 10.4. The van der Waals surface area contributed by atoms with Gasteiger partial charge in [0, 0.05) is 18.2 Å². The molecule has 0 bridgehead atoms. The number of rotatable bonds is 4. The first-order valence-corrected chi connectivity index (χ1v) is 5.78. The summed E-state index contributed by atoms with van der Waals surface area (Å²) in [6, 6.07) is 3.71. The van der Waals surface area contributed by atoms with E-state index in [1.807, 2.05) is 6.92 Å². The molecule has 0 fully saturated rings. The van der Waals surface area contributed by atoms with Gasteiger partial charge in [0.05, 0.1) is 6.54 Å². The fraction of sp³-hybridized carbons (Fsp3) is 0.250. The van der Waals surface area contributed by atoms with Crippen molar-refractivity contribution in [1.82, 2.24) is 20.1 Å². The van der Waals surface area contributed by atoms with Crippen LogP contribution in [0.25, 0.3) is 0 Å². The molecule has 1 heterocycles. The minimum absolute atomic E-state index is 0.165. The maximum absolute atomic E-state index is 11.9. The fourth-order valence-corrected chi connectivity index (χ4v) is 1.67. The minimum atomic E-state index is -0.406. The first-order valence-electron chi connectivity index (χ1n) is 5.78. The molecule has 7 heteroatoms. The minimum Gasteiger partial charge on any atom is -0.508 e. The van der Waals surface area contributed by atoms with Crippen LogP contribution in [-0.4, -0.2) is 30.9 Å². The number of phenols is 2. The van der Waals surface area contributed by atoms with E-state index in [0.29, 0.717) is 12.4 Å². The lowest BCUT2D eigenvalue weighted by molar-refractivity contribution is 0.0948. The number of hydrogen-bond donors (Lipinski definition) is 3. The van der Waals surface area contributed by atoms with Gasteiger partial charge in [-0.1, -0.05) is 0 Å². The van der Waals surface area contributed by atoms with E-state index in [2.05, 4.69) is 15.5 Å². The average Bonchev–Trinajstić information content (AvgIpc) is 2.82. The summed E-state index contributed by atoms with van der Waals surface area (Å²) in [7, 11) is 0. The van der Waals surface area contributed by atoms with E-state index in [1.165, 1.54) is 12.1 Å². The highest BCUT2D eigenvalue weighted by molar-refractivity contribution is 5.94. The van der Waals surface area contributed by atoms with Crippen LogP contribution in [0.2, 0.25) is 0 Å². The van der Waals surface area contributed by atoms with Crippen LogP contribution in [0.5, 0.6) is 11.5 Å². The van der Waals surface area contributed by atoms with E-state index in [9.17, 15) is 15.0 Å². The fourth-order valence-electron chi connectivity index (χ4n) is 1.67. The molecule has 1 amide bonds. The highest BCUT2D eigenvalue weighted by Crippen LogP contribution is 2.20. The normalized spacial score (nSPS) is 10.4. The molecule has 0 atom stereocenters. The molecule has 0 aliphatic heterocycles. The van der Waals surface area contributed by atoms with Crippen LogP contribution in [0.4, 0.5) is 0 Å². The molecule has 1 aromatic heterocycles. The van der Waals surface area contributed by atoms with E-state index in [4.69, 9.17) is 0 Å². The second kappa shape index (κ2) is 5.38. The molecule has 0 unspecified atom stereocenters. The average molecular weight is 262 g/mol. The van der Waals surface area contributed by atoms with Gasteiger partial charge in [-0.25, -0.2) is 0 Å². The highest BCUT2D eigenvalue weighted by Gasteiger charge is 2.10. The predicted octanol–water partition coefficient (Wildman–Crippen LogP) is 0.639. The zero-order valence-corrected chi connectivity index (χ0v) is 10.4. The summed E-state index contributed by atoms with van der Waals surface area (Å²) in [6.45, 7) is 2.89. The summed E-state index contributed by atoms with van der Waals surface area (Å²) in [5, 5.41) is 28.9. The van der Waals surface area contributed by atoms with Crippen molar-refractivity contribution in [2.24, 2.45) is 0 Å². The number of carbonyl (C=O) groups is 1. The molecular formula is C12H14N4O3. The van der Waals surface area contributed by atoms with Gasteiger partial charge >= 0.3 is 0 Å². The third-order valence-corrected chi connectivity index (χ3v) is 2.61. The Morgan fingerprint density at radius 3 is 2.63 bits per heavy atom. The molecule has 0 saturated heterocycles. The number of nitrogens with zero attached hydrogens (tertiary/aromatic N) is 3. The number of carbonyl (C=O) groups excluding carboxylic acids is 1. The predicted molar refractivity (Wildman–Crippen MR) is 66.6 cm³/mol. The van der Waals surface area contributed by atoms with Crippen molar-refractivity contribution in [2.75, 3.05) is 0 Å². The molecule has 19 heavy (non-hydrogen) atoms. The van der Waals surface area contributed by atoms with Gasteiger partial charge in [-0.2, -0.15) is 0 Å². The van der Waals surface area contributed by atoms with Crippen LogP contribution < -0.4 is 5.32 Å². The highest BCUT2D eigenvalue weighted by atomic mass is 16.3. The molecule has 3 N–H and O–H groups in total. The van der Waals surface area contributed by atoms with Crippen LogP contribution in [-0.2, 0) is 13.1 Å². The Labute approximate surface area is 109 Å². The molecule has 0 aliphatic rings. The Bertz CT molecular complexity index is 574. The summed E-state index contributed by atoms with van der Waals surface area (Å²) < 4.78 is 1.81. The van der Waals surface area contributed by atoms with Gasteiger partial charge in [-0.05, 0) is 19.1 Å². The summed E-state index contributed by atoms with van der Waals surface area (Å²) in [5.74, 6) is -0.0965. The lowest BCUT2D eigenvalue weighted by Crippen LogP contribution is -2.24. The second-order valence-corrected chi connectivity index (χ2v) is 3.95. The summed E-state index contributed by atoms with van der Waals surface area (Å²) in [4.78, 5) is 11.9. The first kappa shape index (κ1) is 12.9. The smallest absolute Gasteiger partial charge is 0.251 e. The molecule has 100 valence electrons. The quantitative estimate of drug-likeness (QED) is 0.750. The van der Waals surface area contributed by atoms with Crippen molar-refractivity contribution >= 4 is 5.91 Å². The SMILES string of the molecule is CCn1cnnc1CNC(=O)c1cc(O)cc(O)c1. The Morgan fingerprint density at radius 1 is 1.32 bits per heavy atom. The van der Waals surface area contributed by atoms with Crippen molar-refractivity contribution in [3.63, 3.8) is 0 Å². The molecule has 0 saturated carbocycles. The Morgan fingerprint density at radius 2 is 2.00 bits per heavy atom. The maximum atomic E-state index is 11.9. The molecule has 0 spiro atoms. The van der Waals surface area contributed by atoms with Crippen LogP contribution in [0.3, 0.4) is 0 Å². The van der Waals surface area contributed by atoms with Gasteiger partial charge in [-0.15, -0.1) is 10.2 Å². The number of amides is 1. The van der Waals surface area contributed by atoms with Crippen molar-refractivity contribution in [1.29, 1.82) is 0 Å². The lowest BCUT2D eigenvalue weighted by atomic mass is 10.2. The molecule has 2 rings (SSSR count). The van der Waals surface area contributed by atoms with Gasteiger partial charge in [0.1, 0.15) is 17.8 Å². The monoisotopic (exact) mass is 262 g/mol. The number of phenolic OH excluding ortho intramolecular Hbond substituents is 2. The Hall–Kier alpha value is -2.57. The lowest BCUT2D eigenvalue weighted by Gasteiger charge is -2.06. The third kappa shape index (κ3) is 3.01. The summed E-state index contributed by atoms with van der Waals surface area (Å²) >= 11 is 0. The first-order chi connectivity index (χ1) is 9.10. The third-order valence-electron chi connectivity index (χ3n) is 2.61. The van der Waals surface area contributed by atoms with E-state index < -0.39 is 5.91 Å². The number of aromatic hydroxyl groups is 2. The number of aromatic nitrogens is 3. The van der Waals surface area contributed by atoms with Crippen LogP contribution in [0, 0.1) is 0 Å². The van der Waals surface area contributed by atoms with E-state index in [-0.39, 0.29) is 23.6 Å². The van der Waals surface area contributed by atoms with Gasteiger partial charge < -0.3 is 20.1 Å². The van der Waals surface area contributed by atoms with Gasteiger partial charge in [0.15, 0.2) is 5.82 Å². The summed E-state index contributed by atoms with van der Waals surface area (Å²) in [5.41, 5.74) is 0.181. The van der Waals surface area contributed by atoms with Crippen LogP contribution in [0.1, 0.15) is 23.1 Å². The zero-order chi connectivity index (χ0) is 13.8. The van der Waals surface area contributed by atoms with E-state index in [0.717, 1.165) is 6.07 Å². The van der Waals surface area contributed by atoms with Crippen molar-refractivity contribution in [2.45, 2.75) is 20.0 Å². The molecule has 2 aromatic rings. The van der Waals surface area contributed by atoms with Crippen molar-refractivity contribution in [3.05, 3.63) is 35.9 Å². The van der Waals surface area contributed by atoms with Crippen LogP contribution in [0.15, 0.2) is 24.5 Å². The molecule has 7 nitrogen and oxygen atoms in total. The molecule has 0 aliphatic carbocycles. The summed E-state index contributed by atoms with van der Waals surface area (Å²) in [6.07, 6.45) is 1.58. The van der Waals surface area contributed by atoms with Crippen molar-refractivity contribution in [3.8, 4) is 11.5 Å². The number of nitrogens with one attached hydrogen (secondary N) is 1. The Balaban J connectivity index is 2.05. The van der Waals surface area contributed by atoms with Gasteiger partial charge in [0.25, 0.3) is 5.91 Å². The van der Waals surface area contributed by atoms with E-state index in [1.54, 1.807) is 10.9 Å². The van der Waals surface area contributed by atoms with E-state index >= 15 is 0 Å². The molecular weight excluding hydrogens is 248 g/mol. The van der Waals surface area contributed by atoms with Gasteiger partial charge in [-0.3, -0.25) is 4.79 Å². The second-order valence-electron chi connectivity index (χ2n) is 3.95. The number of benzene rings is 1.